The lowest BCUT2D eigenvalue weighted by molar-refractivity contribution is 0.414. The monoisotopic (exact) mass is 287 g/mol. The SMILES string of the molecule is COc1ccc(CNC(=S)NNc2ccccc2)cc1. The van der Waals surface area contributed by atoms with Gasteiger partial charge in [0.25, 0.3) is 0 Å². The maximum atomic E-state index is 5.19. The van der Waals surface area contributed by atoms with Crippen LogP contribution in [0.25, 0.3) is 0 Å². The first-order valence-corrected chi connectivity index (χ1v) is 6.66. The lowest BCUT2D eigenvalue weighted by Crippen LogP contribution is -2.38. The Morgan fingerprint density at radius 3 is 2.40 bits per heavy atom. The van der Waals surface area contributed by atoms with Gasteiger partial charge in [-0.2, -0.15) is 0 Å². The molecule has 0 aromatic heterocycles. The molecular weight excluding hydrogens is 270 g/mol. The summed E-state index contributed by atoms with van der Waals surface area (Å²) in [6.07, 6.45) is 0. The predicted octanol–water partition coefficient (Wildman–Crippen LogP) is 2.69. The summed E-state index contributed by atoms with van der Waals surface area (Å²) in [5.41, 5.74) is 8.06. The third-order valence-electron chi connectivity index (χ3n) is 2.71. The van der Waals surface area contributed by atoms with Crippen molar-refractivity contribution in [3.63, 3.8) is 0 Å². The Bertz CT molecular complexity index is 543. The number of hydrazine groups is 1. The molecule has 20 heavy (non-hydrogen) atoms. The molecule has 0 spiro atoms. The van der Waals surface area contributed by atoms with E-state index >= 15 is 0 Å². The highest BCUT2D eigenvalue weighted by Gasteiger charge is 1.97. The van der Waals surface area contributed by atoms with E-state index in [4.69, 9.17) is 17.0 Å². The molecular formula is C15H17N3OS. The Hall–Kier alpha value is -2.27. The van der Waals surface area contributed by atoms with Crippen molar-refractivity contribution in [3.05, 3.63) is 60.2 Å². The maximum Gasteiger partial charge on any atom is 0.185 e. The topological polar surface area (TPSA) is 45.3 Å². The summed E-state index contributed by atoms with van der Waals surface area (Å²) >= 11 is 5.19. The van der Waals surface area contributed by atoms with Crippen molar-refractivity contribution in [3.8, 4) is 5.75 Å². The highest BCUT2D eigenvalue weighted by atomic mass is 32.1. The number of benzene rings is 2. The molecule has 0 amide bonds. The van der Waals surface area contributed by atoms with Crippen LogP contribution in [0.2, 0.25) is 0 Å². The summed E-state index contributed by atoms with van der Waals surface area (Å²) < 4.78 is 5.11. The molecule has 2 aromatic carbocycles. The molecule has 0 saturated heterocycles. The molecule has 2 rings (SSSR count). The second kappa shape index (κ2) is 7.35. The van der Waals surface area contributed by atoms with Gasteiger partial charge >= 0.3 is 0 Å². The summed E-state index contributed by atoms with van der Waals surface area (Å²) in [4.78, 5) is 0. The normalized spacial score (nSPS) is 9.65. The largest absolute Gasteiger partial charge is 0.497 e. The standard InChI is InChI=1S/C15H17N3OS/c1-19-14-9-7-12(8-10-14)11-16-15(20)18-17-13-5-3-2-4-6-13/h2-10,17H,11H2,1H3,(H2,16,18,20). The van der Waals surface area contributed by atoms with Gasteiger partial charge in [0.1, 0.15) is 5.75 Å². The first-order valence-electron chi connectivity index (χ1n) is 6.26. The van der Waals surface area contributed by atoms with Crippen molar-refractivity contribution >= 4 is 23.0 Å². The number of hydrogen-bond acceptors (Lipinski definition) is 3. The van der Waals surface area contributed by atoms with Crippen LogP contribution >= 0.6 is 12.2 Å². The Morgan fingerprint density at radius 1 is 1.05 bits per heavy atom. The zero-order chi connectivity index (χ0) is 14.2. The van der Waals surface area contributed by atoms with Crippen LogP contribution in [0, 0.1) is 0 Å². The molecule has 104 valence electrons. The third-order valence-corrected chi connectivity index (χ3v) is 2.95. The molecule has 2 aromatic rings. The molecule has 0 radical (unpaired) electrons. The van der Waals surface area contributed by atoms with E-state index in [-0.39, 0.29) is 0 Å². The van der Waals surface area contributed by atoms with Crippen LogP contribution in [0.4, 0.5) is 5.69 Å². The van der Waals surface area contributed by atoms with Crippen LogP contribution in [-0.4, -0.2) is 12.2 Å². The Balaban J connectivity index is 1.74. The minimum absolute atomic E-state index is 0.546. The van der Waals surface area contributed by atoms with Gasteiger partial charge < -0.3 is 10.1 Å². The van der Waals surface area contributed by atoms with E-state index in [0.29, 0.717) is 11.7 Å². The summed E-state index contributed by atoms with van der Waals surface area (Å²) in [6, 6.07) is 17.6. The Kier molecular flexibility index (Phi) is 5.20. The van der Waals surface area contributed by atoms with Gasteiger partial charge in [0.2, 0.25) is 0 Å². The third kappa shape index (κ3) is 4.44. The number of hydrogen-bond donors (Lipinski definition) is 3. The smallest absolute Gasteiger partial charge is 0.185 e. The van der Waals surface area contributed by atoms with Crippen molar-refractivity contribution in [2.24, 2.45) is 0 Å². The number of para-hydroxylation sites is 1. The second-order valence-electron chi connectivity index (χ2n) is 4.15. The van der Waals surface area contributed by atoms with E-state index in [9.17, 15) is 0 Å². The van der Waals surface area contributed by atoms with Crippen LogP contribution in [0.5, 0.6) is 5.75 Å². The fourth-order valence-corrected chi connectivity index (χ4v) is 1.74. The molecule has 0 unspecified atom stereocenters. The molecule has 0 aliphatic rings. The number of nitrogens with one attached hydrogen (secondary N) is 3. The minimum Gasteiger partial charge on any atom is -0.497 e. The number of rotatable bonds is 5. The average Bonchev–Trinajstić information content (AvgIpc) is 2.52. The highest BCUT2D eigenvalue weighted by Crippen LogP contribution is 2.10. The van der Waals surface area contributed by atoms with E-state index in [1.165, 1.54) is 0 Å². The first kappa shape index (κ1) is 14.1. The number of anilines is 1. The molecule has 0 heterocycles. The molecule has 0 bridgehead atoms. The van der Waals surface area contributed by atoms with Gasteiger partial charge in [0.05, 0.1) is 12.8 Å². The maximum absolute atomic E-state index is 5.19. The van der Waals surface area contributed by atoms with Crippen LogP contribution in [0.1, 0.15) is 5.56 Å². The summed E-state index contributed by atoms with van der Waals surface area (Å²) in [5, 5.41) is 3.67. The zero-order valence-corrected chi connectivity index (χ0v) is 12.0. The van der Waals surface area contributed by atoms with E-state index in [2.05, 4.69) is 16.2 Å². The van der Waals surface area contributed by atoms with E-state index in [0.717, 1.165) is 17.0 Å². The number of ether oxygens (including phenoxy) is 1. The number of thiocarbonyl (C=S) groups is 1. The predicted molar refractivity (Wildman–Crippen MR) is 85.6 cm³/mol. The summed E-state index contributed by atoms with van der Waals surface area (Å²) in [6.45, 7) is 0.659. The van der Waals surface area contributed by atoms with Gasteiger partial charge in [-0.05, 0) is 42.0 Å². The van der Waals surface area contributed by atoms with Gasteiger partial charge in [-0.15, -0.1) is 0 Å². The van der Waals surface area contributed by atoms with Crippen molar-refractivity contribution < 1.29 is 4.74 Å². The van der Waals surface area contributed by atoms with Crippen LogP contribution in [0.3, 0.4) is 0 Å². The molecule has 3 N–H and O–H groups in total. The minimum atomic E-state index is 0.546. The summed E-state index contributed by atoms with van der Waals surface area (Å²) in [7, 11) is 1.65. The van der Waals surface area contributed by atoms with Crippen LogP contribution in [-0.2, 0) is 6.54 Å². The van der Waals surface area contributed by atoms with E-state index in [1.807, 2.05) is 54.6 Å². The fourth-order valence-electron chi connectivity index (χ4n) is 1.62. The van der Waals surface area contributed by atoms with Gasteiger partial charge in [-0.3, -0.25) is 10.9 Å². The van der Waals surface area contributed by atoms with Gasteiger partial charge in [-0.1, -0.05) is 30.3 Å². The molecule has 0 aliphatic heterocycles. The Morgan fingerprint density at radius 2 is 1.75 bits per heavy atom. The van der Waals surface area contributed by atoms with E-state index in [1.54, 1.807) is 7.11 Å². The quantitative estimate of drug-likeness (QED) is 0.583. The zero-order valence-electron chi connectivity index (χ0n) is 11.2. The number of methoxy groups -OCH3 is 1. The molecule has 0 saturated carbocycles. The highest BCUT2D eigenvalue weighted by molar-refractivity contribution is 7.80. The average molecular weight is 287 g/mol. The first-order chi connectivity index (χ1) is 9.78. The summed E-state index contributed by atoms with van der Waals surface area (Å²) in [5.74, 6) is 0.847. The fraction of sp³-hybridized carbons (Fsp3) is 0.133. The second-order valence-corrected chi connectivity index (χ2v) is 4.56. The lowest BCUT2D eigenvalue weighted by Gasteiger charge is -2.12. The molecule has 0 aliphatic carbocycles. The van der Waals surface area contributed by atoms with Crippen molar-refractivity contribution in [2.45, 2.75) is 6.54 Å². The van der Waals surface area contributed by atoms with E-state index < -0.39 is 0 Å². The lowest BCUT2D eigenvalue weighted by atomic mass is 10.2. The van der Waals surface area contributed by atoms with Gasteiger partial charge in [0.15, 0.2) is 5.11 Å². The molecule has 5 heteroatoms. The van der Waals surface area contributed by atoms with Crippen molar-refractivity contribution in [1.82, 2.24) is 10.7 Å². The molecule has 4 nitrogen and oxygen atoms in total. The Labute approximate surface area is 124 Å². The molecule has 0 atom stereocenters. The van der Waals surface area contributed by atoms with Crippen molar-refractivity contribution in [1.29, 1.82) is 0 Å². The van der Waals surface area contributed by atoms with Gasteiger partial charge in [0, 0.05) is 6.54 Å². The van der Waals surface area contributed by atoms with Crippen LogP contribution in [0.15, 0.2) is 54.6 Å². The molecule has 0 fully saturated rings. The van der Waals surface area contributed by atoms with Crippen molar-refractivity contribution in [2.75, 3.05) is 12.5 Å². The van der Waals surface area contributed by atoms with Crippen LogP contribution < -0.4 is 20.9 Å². The van der Waals surface area contributed by atoms with Gasteiger partial charge in [-0.25, -0.2) is 0 Å².